The van der Waals surface area contributed by atoms with E-state index in [1.165, 1.54) is 0 Å². The lowest BCUT2D eigenvalue weighted by Gasteiger charge is -2.11. The maximum Gasteiger partial charge on any atom is 0.236 e. The van der Waals surface area contributed by atoms with Crippen molar-refractivity contribution < 1.29 is 9.47 Å². The summed E-state index contributed by atoms with van der Waals surface area (Å²) in [5.74, 6) is 1.79. The van der Waals surface area contributed by atoms with Gasteiger partial charge in [-0.25, -0.2) is 9.97 Å². The summed E-state index contributed by atoms with van der Waals surface area (Å²) in [6, 6.07) is 15.2. The van der Waals surface area contributed by atoms with Crippen LogP contribution in [0.2, 0.25) is 0 Å². The Bertz CT molecular complexity index is 900. The maximum atomic E-state index is 8.82. The van der Waals surface area contributed by atoms with E-state index in [9.17, 15) is 0 Å². The molecule has 0 aliphatic heterocycles. The van der Waals surface area contributed by atoms with E-state index in [1.807, 2.05) is 54.7 Å². The van der Waals surface area contributed by atoms with Gasteiger partial charge in [0, 0.05) is 17.3 Å². The van der Waals surface area contributed by atoms with Gasteiger partial charge in [-0.2, -0.15) is 5.26 Å². The van der Waals surface area contributed by atoms with E-state index in [1.54, 1.807) is 20.4 Å². The van der Waals surface area contributed by atoms with Crippen LogP contribution < -0.4 is 14.8 Å². The highest BCUT2D eigenvalue weighted by Gasteiger charge is 2.12. The van der Waals surface area contributed by atoms with Crippen molar-refractivity contribution in [2.45, 2.75) is 0 Å². The Balaban J connectivity index is 2.11. The van der Waals surface area contributed by atoms with Crippen LogP contribution in [0, 0.1) is 11.5 Å². The highest BCUT2D eigenvalue weighted by molar-refractivity contribution is 5.81. The average molecular weight is 332 g/mol. The Kier molecular flexibility index (Phi) is 4.77. The van der Waals surface area contributed by atoms with Crippen LogP contribution in [0.4, 0.5) is 5.95 Å². The summed E-state index contributed by atoms with van der Waals surface area (Å²) in [4.78, 5) is 8.70. The predicted molar refractivity (Wildman–Crippen MR) is 95.2 cm³/mol. The predicted octanol–water partition coefficient (Wildman–Crippen LogP) is 3.72. The fourth-order valence-corrected chi connectivity index (χ4v) is 2.44. The molecule has 0 radical (unpaired) electrons. The van der Waals surface area contributed by atoms with Crippen LogP contribution in [-0.2, 0) is 0 Å². The third-order valence-corrected chi connectivity index (χ3v) is 3.72. The molecule has 0 atom stereocenters. The first kappa shape index (κ1) is 16.3. The zero-order chi connectivity index (χ0) is 17.6. The quantitative estimate of drug-likeness (QED) is 0.566. The first-order valence-electron chi connectivity index (χ1n) is 7.56. The number of aromatic nitrogens is 2. The van der Waals surface area contributed by atoms with E-state index in [-0.39, 0.29) is 5.95 Å². The molecule has 0 unspecified atom stereocenters. The van der Waals surface area contributed by atoms with Crippen LogP contribution >= 0.6 is 0 Å². The van der Waals surface area contributed by atoms with Gasteiger partial charge in [-0.05, 0) is 42.0 Å². The van der Waals surface area contributed by atoms with Crippen LogP contribution in [0.1, 0.15) is 0 Å². The zero-order valence-corrected chi connectivity index (χ0v) is 13.9. The summed E-state index contributed by atoms with van der Waals surface area (Å²) in [5, 5.41) is 11.3. The molecule has 6 heteroatoms. The zero-order valence-electron chi connectivity index (χ0n) is 13.9. The summed E-state index contributed by atoms with van der Waals surface area (Å²) < 4.78 is 10.4. The molecule has 0 spiro atoms. The normalized spacial score (nSPS) is 9.96. The number of nitriles is 1. The van der Waals surface area contributed by atoms with E-state index in [0.717, 1.165) is 33.9 Å². The minimum absolute atomic E-state index is 0.255. The van der Waals surface area contributed by atoms with Crippen molar-refractivity contribution in [2.75, 3.05) is 19.5 Å². The van der Waals surface area contributed by atoms with Crippen molar-refractivity contribution in [3.63, 3.8) is 0 Å². The van der Waals surface area contributed by atoms with Crippen LogP contribution in [-0.4, -0.2) is 24.2 Å². The van der Waals surface area contributed by atoms with Gasteiger partial charge in [-0.3, -0.25) is 5.32 Å². The van der Waals surface area contributed by atoms with Gasteiger partial charge in [0.2, 0.25) is 5.95 Å². The summed E-state index contributed by atoms with van der Waals surface area (Å²) in [6.07, 6.45) is 3.55. The molecule has 0 amide bonds. The van der Waals surface area contributed by atoms with Gasteiger partial charge in [-0.15, -0.1) is 0 Å². The number of methoxy groups -OCH3 is 2. The third kappa shape index (κ3) is 3.51. The van der Waals surface area contributed by atoms with Gasteiger partial charge in [0.15, 0.2) is 6.19 Å². The van der Waals surface area contributed by atoms with Gasteiger partial charge < -0.3 is 9.47 Å². The second-order valence-electron chi connectivity index (χ2n) is 5.15. The van der Waals surface area contributed by atoms with Gasteiger partial charge in [0.25, 0.3) is 0 Å². The van der Waals surface area contributed by atoms with Crippen LogP contribution in [0.15, 0.2) is 54.7 Å². The molecule has 0 bridgehead atoms. The Morgan fingerprint density at radius 1 is 0.880 bits per heavy atom. The van der Waals surface area contributed by atoms with Gasteiger partial charge in [0.1, 0.15) is 11.5 Å². The standard InChI is InChI=1S/C19H16N4O2/c1-24-15-7-3-13(4-8-15)17-11-21-19(22-12-20)23-18(17)14-5-9-16(25-2)10-6-14/h3-11H,1-2H3,(H,21,22,23). The first-order valence-corrected chi connectivity index (χ1v) is 7.56. The minimum atomic E-state index is 0.255. The topological polar surface area (TPSA) is 80.1 Å². The number of hydrogen-bond acceptors (Lipinski definition) is 6. The van der Waals surface area contributed by atoms with E-state index in [0.29, 0.717) is 0 Å². The molecule has 1 heterocycles. The molecule has 2 aromatic carbocycles. The molecule has 1 N–H and O–H groups in total. The highest BCUT2D eigenvalue weighted by atomic mass is 16.5. The number of nitrogens with one attached hydrogen (secondary N) is 1. The number of ether oxygens (including phenoxy) is 2. The molecule has 3 rings (SSSR count). The van der Waals surface area contributed by atoms with Crippen LogP contribution in [0.25, 0.3) is 22.4 Å². The number of hydrogen-bond donors (Lipinski definition) is 1. The lowest BCUT2D eigenvalue weighted by atomic mass is 10.0. The van der Waals surface area contributed by atoms with Gasteiger partial charge >= 0.3 is 0 Å². The van der Waals surface area contributed by atoms with E-state index in [4.69, 9.17) is 14.7 Å². The third-order valence-electron chi connectivity index (χ3n) is 3.72. The summed E-state index contributed by atoms with van der Waals surface area (Å²) >= 11 is 0. The minimum Gasteiger partial charge on any atom is -0.497 e. The second kappa shape index (κ2) is 7.32. The van der Waals surface area contributed by atoms with Crippen LogP contribution in [0.5, 0.6) is 11.5 Å². The van der Waals surface area contributed by atoms with Gasteiger partial charge in [-0.1, -0.05) is 12.1 Å². The monoisotopic (exact) mass is 332 g/mol. The fraction of sp³-hybridized carbons (Fsp3) is 0.105. The van der Waals surface area contributed by atoms with Crippen molar-refractivity contribution in [2.24, 2.45) is 0 Å². The molecule has 6 nitrogen and oxygen atoms in total. The molecule has 25 heavy (non-hydrogen) atoms. The molecule has 124 valence electrons. The first-order chi connectivity index (χ1) is 12.2. The van der Waals surface area contributed by atoms with Crippen molar-refractivity contribution >= 4 is 5.95 Å². The highest BCUT2D eigenvalue weighted by Crippen LogP contribution is 2.32. The lowest BCUT2D eigenvalue weighted by molar-refractivity contribution is 0.414. The molecular weight excluding hydrogens is 316 g/mol. The maximum absolute atomic E-state index is 8.82. The lowest BCUT2D eigenvalue weighted by Crippen LogP contribution is -1.99. The Morgan fingerprint density at radius 3 is 1.96 bits per heavy atom. The number of anilines is 1. The van der Waals surface area contributed by atoms with Crippen molar-refractivity contribution in [1.82, 2.24) is 9.97 Å². The molecule has 1 aromatic heterocycles. The average Bonchev–Trinajstić information content (AvgIpc) is 2.68. The SMILES string of the molecule is COc1ccc(-c2cnc(NC#N)nc2-c2ccc(OC)cc2)cc1. The molecule has 0 aliphatic rings. The smallest absolute Gasteiger partial charge is 0.236 e. The van der Waals surface area contributed by atoms with Gasteiger partial charge in [0.05, 0.1) is 19.9 Å². The number of nitrogens with zero attached hydrogens (tertiary/aromatic N) is 3. The van der Waals surface area contributed by atoms with Crippen LogP contribution in [0.3, 0.4) is 0 Å². The summed E-state index contributed by atoms with van der Waals surface area (Å²) in [6.45, 7) is 0. The molecule has 0 aliphatic carbocycles. The molecule has 0 saturated carbocycles. The molecule has 0 fully saturated rings. The van der Waals surface area contributed by atoms with Crippen molar-refractivity contribution in [3.05, 3.63) is 54.7 Å². The van der Waals surface area contributed by atoms with Crippen molar-refractivity contribution in [3.8, 4) is 40.1 Å². The fourth-order valence-electron chi connectivity index (χ4n) is 2.44. The van der Waals surface area contributed by atoms with E-state index >= 15 is 0 Å². The molecule has 3 aromatic rings. The van der Waals surface area contributed by atoms with Crippen molar-refractivity contribution in [1.29, 1.82) is 5.26 Å². The summed E-state index contributed by atoms with van der Waals surface area (Å²) in [7, 11) is 3.25. The summed E-state index contributed by atoms with van der Waals surface area (Å²) in [5.41, 5.74) is 3.43. The largest absolute Gasteiger partial charge is 0.497 e. The molecule has 0 saturated heterocycles. The second-order valence-corrected chi connectivity index (χ2v) is 5.15. The molecular formula is C19H16N4O2. The number of rotatable bonds is 5. The Labute approximate surface area is 145 Å². The van der Waals surface area contributed by atoms with E-state index < -0.39 is 0 Å². The number of benzene rings is 2. The van der Waals surface area contributed by atoms with E-state index in [2.05, 4.69) is 15.3 Å². The Morgan fingerprint density at radius 2 is 1.44 bits per heavy atom. The Hall–Kier alpha value is -3.59.